The van der Waals surface area contributed by atoms with Crippen molar-refractivity contribution in [3.8, 4) is 11.1 Å². The molecule has 0 aliphatic carbocycles. The molecule has 3 rings (SSSR count). The summed E-state index contributed by atoms with van der Waals surface area (Å²) in [6.07, 6.45) is 10.7. The minimum Gasteiger partial charge on any atom is -0.373 e. The van der Waals surface area contributed by atoms with Gasteiger partial charge in [0.1, 0.15) is 12.1 Å². The van der Waals surface area contributed by atoms with Crippen LogP contribution in [-0.4, -0.2) is 36.6 Å². The Morgan fingerprint density at radius 2 is 1.97 bits per heavy atom. The summed E-state index contributed by atoms with van der Waals surface area (Å²) >= 11 is 1.66. The first-order chi connectivity index (χ1) is 15.0. The highest BCUT2D eigenvalue weighted by atomic mass is 32.2. The number of halogens is 1. The number of likely N-dealkylation sites (tertiary alicyclic amines) is 1. The molecule has 2 aromatic rings. The Hall–Kier alpha value is -2.37. The van der Waals surface area contributed by atoms with Crippen LogP contribution in [0.5, 0.6) is 0 Å². The van der Waals surface area contributed by atoms with Gasteiger partial charge in [-0.05, 0) is 72.4 Å². The molecule has 2 aromatic carbocycles. The number of allylic oxidation sites excluding steroid dienone is 4. The number of carbonyl (C=O) groups excluding carboxylic acids is 1. The summed E-state index contributed by atoms with van der Waals surface area (Å²) < 4.78 is 17.3. The molecule has 2 atom stereocenters. The maximum absolute atomic E-state index is 13.7. The molecule has 164 valence electrons. The van der Waals surface area contributed by atoms with E-state index in [1.165, 1.54) is 17.3 Å². The lowest BCUT2D eigenvalue weighted by Gasteiger charge is -2.42. The lowest BCUT2D eigenvalue weighted by atomic mass is 9.89. The molecule has 1 aliphatic heterocycles. The second-order valence-electron chi connectivity index (χ2n) is 7.93. The van der Waals surface area contributed by atoms with E-state index in [4.69, 9.17) is 0 Å². The van der Waals surface area contributed by atoms with Crippen molar-refractivity contribution < 1.29 is 9.18 Å². The highest BCUT2D eigenvalue weighted by molar-refractivity contribution is 7.96. The van der Waals surface area contributed by atoms with Gasteiger partial charge in [0, 0.05) is 24.8 Å². The van der Waals surface area contributed by atoms with Crippen LogP contribution in [-0.2, 0) is 11.2 Å². The van der Waals surface area contributed by atoms with Crippen molar-refractivity contribution in [2.75, 3.05) is 13.3 Å². The maximum atomic E-state index is 13.7. The summed E-state index contributed by atoms with van der Waals surface area (Å²) in [5.41, 5.74) is 5.21. The fraction of sp³-hybridized carbons (Fsp3) is 0.346. The Balaban J connectivity index is 1.85. The van der Waals surface area contributed by atoms with E-state index in [1.807, 2.05) is 31.2 Å². The van der Waals surface area contributed by atoms with Gasteiger partial charge in [0.15, 0.2) is 0 Å². The topological polar surface area (TPSA) is 32.3 Å². The van der Waals surface area contributed by atoms with Crippen LogP contribution in [0.4, 0.5) is 4.39 Å². The molecule has 5 heteroatoms. The summed E-state index contributed by atoms with van der Waals surface area (Å²) in [6.45, 7) is 2.00. The molecular weight excluding hydrogens is 407 g/mol. The first-order valence-electron chi connectivity index (χ1n) is 10.8. The van der Waals surface area contributed by atoms with Gasteiger partial charge in [-0.3, -0.25) is 9.52 Å². The zero-order valence-electron chi connectivity index (χ0n) is 18.5. The lowest BCUT2D eigenvalue weighted by molar-refractivity contribution is -0.105. The van der Waals surface area contributed by atoms with E-state index in [2.05, 4.69) is 41.1 Å². The number of benzene rings is 2. The summed E-state index contributed by atoms with van der Waals surface area (Å²) in [7, 11) is 2.14. The quantitative estimate of drug-likeness (QED) is 0.321. The van der Waals surface area contributed by atoms with E-state index in [0.29, 0.717) is 6.04 Å². The van der Waals surface area contributed by atoms with Crippen molar-refractivity contribution in [3.05, 3.63) is 83.3 Å². The van der Waals surface area contributed by atoms with Crippen LogP contribution in [0.2, 0.25) is 0 Å². The molecule has 0 bridgehead atoms. The van der Waals surface area contributed by atoms with Crippen LogP contribution in [0.25, 0.3) is 11.1 Å². The standard InChI is InChI=1S/C26H31FN2OS/c1-4-19(18-30)11-12-24-13-14-25(28-31-3)26(29(24)2)16-20-7-5-8-21(15-20)22-9-6-10-23(27)17-22/h5-12,15,17-18,25-26,28H,4,13-14,16H2,1-3H3/b19-11-,24-12-. The predicted molar refractivity (Wildman–Crippen MR) is 129 cm³/mol. The zero-order valence-corrected chi connectivity index (χ0v) is 19.3. The van der Waals surface area contributed by atoms with Gasteiger partial charge in [-0.15, -0.1) is 0 Å². The fourth-order valence-corrected chi connectivity index (χ4v) is 4.73. The Bertz CT molecular complexity index is 956. The number of nitrogens with one attached hydrogen (secondary N) is 1. The molecule has 31 heavy (non-hydrogen) atoms. The SMILES string of the molecule is CC/C(C=O)=C/C=C1/CCC(NSC)C(Cc2cccc(-c3cccc(F)c3)c2)N1C. The summed E-state index contributed by atoms with van der Waals surface area (Å²) in [6, 6.07) is 15.8. The monoisotopic (exact) mass is 438 g/mol. The van der Waals surface area contributed by atoms with Gasteiger partial charge in [0.2, 0.25) is 0 Å². The fourth-order valence-electron chi connectivity index (χ4n) is 4.16. The van der Waals surface area contributed by atoms with Gasteiger partial charge in [-0.2, -0.15) is 0 Å². The number of hydrogen-bond acceptors (Lipinski definition) is 4. The molecule has 0 saturated carbocycles. The molecular formula is C26H31FN2OS. The van der Waals surface area contributed by atoms with E-state index < -0.39 is 0 Å². The van der Waals surface area contributed by atoms with E-state index in [0.717, 1.165) is 48.7 Å². The van der Waals surface area contributed by atoms with Crippen LogP contribution < -0.4 is 4.72 Å². The highest BCUT2D eigenvalue weighted by Gasteiger charge is 2.31. The maximum Gasteiger partial charge on any atom is 0.146 e. The number of rotatable bonds is 8. The van der Waals surface area contributed by atoms with Gasteiger partial charge < -0.3 is 4.90 Å². The smallest absolute Gasteiger partial charge is 0.146 e. The molecule has 0 amide bonds. The molecule has 1 aliphatic rings. The Morgan fingerprint density at radius 1 is 1.23 bits per heavy atom. The predicted octanol–water partition coefficient (Wildman–Crippen LogP) is 5.78. The number of likely N-dealkylation sites (N-methyl/N-ethyl adjacent to an activating group) is 1. The molecule has 1 N–H and O–H groups in total. The van der Waals surface area contributed by atoms with Crippen LogP contribution in [0.1, 0.15) is 31.7 Å². The van der Waals surface area contributed by atoms with E-state index in [9.17, 15) is 9.18 Å². The average molecular weight is 439 g/mol. The minimum absolute atomic E-state index is 0.219. The Labute approximate surface area is 189 Å². The zero-order chi connectivity index (χ0) is 22.2. The van der Waals surface area contributed by atoms with Crippen LogP contribution in [0.15, 0.2) is 72.0 Å². The molecule has 0 radical (unpaired) electrons. The first kappa shape index (κ1) is 23.3. The number of carbonyl (C=O) groups is 1. The molecule has 1 saturated heterocycles. The Morgan fingerprint density at radius 3 is 2.65 bits per heavy atom. The third-order valence-electron chi connectivity index (χ3n) is 5.97. The van der Waals surface area contributed by atoms with E-state index >= 15 is 0 Å². The number of nitrogens with zero attached hydrogens (tertiary/aromatic N) is 1. The van der Waals surface area contributed by atoms with Gasteiger partial charge >= 0.3 is 0 Å². The third-order valence-corrected chi connectivity index (χ3v) is 6.51. The second-order valence-corrected chi connectivity index (χ2v) is 8.58. The van der Waals surface area contributed by atoms with Crippen molar-refractivity contribution in [2.45, 2.75) is 44.7 Å². The van der Waals surface area contributed by atoms with Crippen molar-refractivity contribution >= 4 is 18.2 Å². The summed E-state index contributed by atoms with van der Waals surface area (Å²) in [5.74, 6) is -0.219. The van der Waals surface area contributed by atoms with Crippen LogP contribution in [0.3, 0.4) is 0 Å². The first-order valence-corrected chi connectivity index (χ1v) is 12.0. The van der Waals surface area contributed by atoms with Crippen molar-refractivity contribution in [1.29, 1.82) is 0 Å². The largest absolute Gasteiger partial charge is 0.373 e. The second kappa shape index (κ2) is 11.3. The van der Waals surface area contributed by atoms with Gasteiger partial charge in [-0.25, -0.2) is 4.39 Å². The normalized spacial score (nSPS) is 20.8. The van der Waals surface area contributed by atoms with Crippen molar-refractivity contribution in [2.24, 2.45) is 0 Å². The number of piperidine rings is 1. The molecule has 2 unspecified atom stereocenters. The molecule has 0 aromatic heterocycles. The van der Waals surface area contributed by atoms with Crippen LogP contribution >= 0.6 is 11.9 Å². The average Bonchev–Trinajstić information content (AvgIpc) is 2.78. The van der Waals surface area contributed by atoms with Crippen LogP contribution in [0, 0.1) is 5.82 Å². The highest BCUT2D eigenvalue weighted by Crippen LogP contribution is 2.29. The Kier molecular flexibility index (Phi) is 8.50. The number of hydrogen-bond donors (Lipinski definition) is 1. The van der Waals surface area contributed by atoms with Crippen molar-refractivity contribution in [1.82, 2.24) is 9.62 Å². The van der Waals surface area contributed by atoms with Gasteiger partial charge in [0.25, 0.3) is 0 Å². The molecule has 0 spiro atoms. The lowest BCUT2D eigenvalue weighted by Crippen LogP contribution is -2.50. The van der Waals surface area contributed by atoms with Gasteiger partial charge in [0.05, 0.1) is 0 Å². The summed E-state index contributed by atoms with van der Waals surface area (Å²) in [4.78, 5) is 13.5. The summed E-state index contributed by atoms with van der Waals surface area (Å²) in [5, 5.41) is 0. The number of aldehydes is 1. The minimum atomic E-state index is -0.219. The van der Waals surface area contributed by atoms with E-state index in [-0.39, 0.29) is 11.9 Å². The third kappa shape index (κ3) is 6.08. The molecule has 3 nitrogen and oxygen atoms in total. The van der Waals surface area contributed by atoms with E-state index in [1.54, 1.807) is 24.1 Å². The van der Waals surface area contributed by atoms with Gasteiger partial charge in [-0.1, -0.05) is 61.3 Å². The molecule has 1 fully saturated rings. The molecule has 1 heterocycles. The van der Waals surface area contributed by atoms with Crippen molar-refractivity contribution in [3.63, 3.8) is 0 Å².